The van der Waals surface area contributed by atoms with Crippen LogP contribution in [0.3, 0.4) is 0 Å². The second kappa shape index (κ2) is 7.79. The zero-order valence-electron chi connectivity index (χ0n) is 14.9. The first kappa shape index (κ1) is 17.6. The Morgan fingerprint density at radius 1 is 1.48 bits per heavy atom. The van der Waals surface area contributed by atoms with Crippen LogP contribution in [0.2, 0.25) is 0 Å². The summed E-state index contributed by atoms with van der Waals surface area (Å²) in [5.74, 6) is 2.38. The quantitative estimate of drug-likeness (QED) is 0.835. The molecule has 0 aromatic carbocycles. The Morgan fingerprint density at radius 2 is 2.32 bits per heavy atom. The van der Waals surface area contributed by atoms with Crippen molar-refractivity contribution in [3.05, 3.63) is 35.8 Å². The fourth-order valence-electron chi connectivity index (χ4n) is 3.03. The standard InChI is InChI=1S/C17H25N5O3/c1-12(17(23)18-9-15-5-4-7-24-15)21-6-8-25-16(10-21)11-22-14(3)19-13(2)20-22/h4-5,7,12,16H,6,8-11H2,1-3H3,(H,18,23). The molecule has 8 nitrogen and oxygen atoms in total. The average Bonchev–Trinajstić information content (AvgIpc) is 3.22. The monoisotopic (exact) mass is 347 g/mol. The lowest BCUT2D eigenvalue weighted by atomic mass is 10.2. The summed E-state index contributed by atoms with van der Waals surface area (Å²) in [6.07, 6.45) is 1.60. The van der Waals surface area contributed by atoms with Crippen molar-refractivity contribution in [1.82, 2.24) is 25.0 Å². The van der Waals surface area contributed by atoms with E-state index in [2.05, 4.69) is 20.3 Å². The van der Waals surface area contributed by atoms with Gasteiger partial charge in [-0.3, -0.25) is 9.69 Å². The van der Waals surface area contributed by atoms with E-state index in [0.717, 1.165) is 24.0 Å². The maximum atomic E-state index is 12.4. The third kappa shape index (κ3) is 4.46. The van der Waals surface area contributed by atoms with Crippen LogP contribution in [0.4, 0.5) is 0 Å². The number of amides is 1. The highest BCUT2D eigenvalue weighted by Crippen LogP contribution is 2.12. The van der Waals surface area contributed by atoms with Gasteiger partial charge in [0.1, 0.15) is 17.4 Å². The number of nitrogens with zero attached hydrogens (tertiary/aromatic N) is 4. The van der Waals surface area contributed by atoms with Gasteiger partial charge in [0.25, 0.3) is 0 Å². The van der Waals surface area contributed by atoms with Crippen LogP contribution >= 0.6 is 0 Å². The van der Waals surface area contributed by atoms with E-state index in [0.29, 0.717) is 26.2 Å². The molecule has 3 heterocycles. The molecule has 0 bridgehead atoms. The molecule has 2 unspecified atom stereocenters. The van der Waals surface area contributed by atoms with E-state index in [1.165, 1.54) is 0 Å². The summed E-state index contributed by atoms with van der Waals surface area (Å²) in [6.45, 7) is 8.81. The number of carbonyl (C=O) groups excluding carboxylic acids is 1. The van der Waals surface area contributed by atoms with Crippen molar-refractivity contribution in [1.29, 1.82) is 0 Å². The molecule has 0 aliphatic carbocycles. The zero-order chi connectivity index (χ0) is 17.8. The maximum Gasteiger partial charge on any atom is 0.237 e. The first-order valence-electron chi connectivity index (χ1n) is 8.56. The fourth-order valence-corrected chi connectivity index (χ4v) is 3.03. The van der Waals surface area contributed by atoms with Gasteiger partial charge in [-0.25, -0.2) is 9.67 Å². The van der Waals surface area contributed by atoms with Crippen LogP contribution in [0.5, 0.6) is 0 Å². The van der Waals surface area contributed by atoms with Crippen LogP contribution in [-0.2, 0) is 22.6 Å². The van der Waals surface area contributed by atoms with Gasteiger partial charge in [0.05, 0.1) is 38.1 Å². The molecule has 0 spiro atoms. The molecule has 2 aromatic rings. The van der Waals surface area contributed by atoms with Crippen molar-refractivity contribution in [2.75, 3.05) is 19.7 Å². The molecule has 136 valence electrons. The van der Waals surface area contributed by atoms with Gasteiger partial charge < -0.3 is 14.5 Å². The van der Waals surface area contributed by atoms with Crippen LogP contribution in [-0.4, -0.2) is 57.4 Å². The minimum Gasteiger partial charge on any atom is -0.467 e. The van der Waals surface area contributed by atoms with E-state index in [9.17, 15) is 4.79 Å². The van der Waals surface area contributed by atoms with Crippen LogP contribution in [0.1, 0.15) is 24.3 Å². The predicted molar refractivity (Wildman–Crippen MR) is 90.8 cm³/mol. The smallest absolute Gasteiger partial charge is 0.237 e. The lowest BCUT2D eigenvalue weighted by Gasteiger charge is -2.36. The molecular formula is C17H25N5O3. The fraction of sp³-hybridized carbons (Fsp3) is 0.588. The Hall–Kier alpha value is -2.19. The molecule has 1 aliphatic heterocycles. The number of nitrogens with one attached hydrogen (secondary N) is 1. The molecule has 0 saturated carbocycles. The summed E-state index contributed by atoms with van der Waals surface area (Å²) in [6, 6.07) is 3.43. The van der Waals surface area contributed by atoms with Crippen LogP contribution in [0, 0.1) is 13.8 Å². The van der Waals surface area contributed by atoms with Gasteiger partial charge in [-0.05, 0) is 32.9 Å². The first-order chi connectivity index (χ1) is 12.0. The van der Waals surface area contributed by atoms with Gasteiger partial charge >= 0.3 is 0 Å². The SMILES string of the molecule is Cc1nc(C)n(CC2CN(C(C)C(=O)NCc3ccco3)CCO2)n1. The van der Waals surface area contributed by atoms with Crippen molar-refractivity contribution >= 4 is 5.91 Å². The molecule has 1 saturated heterocycles. The number of rotatable bonds is 6. The first-order valence-corrected chi connectivity index (χ1v) is 8.56. The summed E-state index contributed by atoms with van der Waals surface area (Å²) >= 11 is 0. The van der Waals surface area contributed by atoms with Gasteiger partial charge in [0.2, 0.25) is 5.91 Å². The summed E-state index contributed by atoms with van der Waals surface area (Å²) in [5, 5.41) is 7.30. The second-order valence-corrected chi connectivity index (χ2v) is 6.35. The molecule has 1 fully saturated rings. The van der Waals surface area contributed by atoms with E-state index in [4.69, 9.17) is 9.15 Å². The van der Waals surface area contributed by atoms with Crippen molar-refractivity contribution in [3.8, 4) is 0 Å². The zero-order valence-corrected chi connectivity index (χ0v) is 14.9. The third-order valence-electron chi connectivity index (χ3n) is 4.45. The Labute approximate surface area is 147 Å². The maximum absolute atomic E-state index is 12.4. The Morgan fingerprint density at radius 3 is 3.00 bits per heavy atom. The number of furan rings is 1. The number of hydrogen-bond donors (Lipinski definition) is 1. The number of morpholine rings is 1. The van der Waals surface area contributed by atoms with E-state index in [1.54, 1.807) is 6.26 Å². The summed E-state index contributed by atoms with van der Waals surface area (Å²) in [5.41, 5.74) is 0. The van der Waals surface area contributed by atoms with Crippen LogP contribution < -0.4 is 5.32 Å². The summed E-state index contributed by atoms with van der Waals surface area (Å²) in [7, 11) is 0. The number of hydrogen-bond acceptors (Lipinski definition) is 6. The van der Waals surface area contributed by atoms with E-state index in [-0.39, 0.29) is 18.1 Å². The van der Waals surface area contributed by atoms with E-state index >= 15 is 0 Å². The molecule has 1 amide bonds. The van der Waals surface area contributed by atoms with E-state index in [1.807, 2.05) is 37.6 Å². The summed E-state index contributed by atoms with van der Waals surface area (Å²) in [4.78, 5) is 18.9. The van der Waals surface area contributed by atoms with Crippen LogP contribution in [0.15, 0.2) is 22.8 Å². The van der Waals surface area contributed by atoms with Crippen molar-refractivity contribution < 1.29 is 13.9 Å². The Bertz CT molecular complexity index is 697. The van der Waals surface area contributed by atoms with Gasteiger partial charge in [-0.2, -0.15) is 5.10 Å². The topological polar surface area (TPSA) is 85.4 Å². The third-order valence-corrected chi connectivity index (χ3v) is 4.45. The number of ether oxygens (including phenoxy) is 1. The number of aryl methyl sites for hydroxylation is 2. The van der Waals surface area contributed by atoms with E-state index < -0.39 is 0 Å². The largest absolute Gasteiger partial charge is 0.467 e. The van der Waals surface area contributed by atoms with Crippen molar-refractivity contribution in [2.24, 2.45) is 0 Å². The molecule has 1 N–H and O–H groups in total. The molecule has 0 radical (unpaired) electrons. The number of carbonyl (C=O) groups is 1. The molecule has 2 atom stereocenters. The Balaban J connectivity index is 1.53. The minimum absolute atomic E-state index is 0.00567. The second-order valence-electron chi connectivity index (χ2n) is 6.35. The lowest BCUT2D eigenvalue weighted by molar-refractivity contribution is -0.129. The molecule has 25 heavy (non-hydrogen) atoms. The molecule has 1 aliphatic rings. The van der Waals surface area contributed by atoms with Crippen LogP contribution in [0.25, 0.3) is 0 Å². The highest BCUT2D eigenvalue weighted by Gasteiger charge is 2.28. The Kier molecular flexibility index (Phi) is 5.50. The highest BCUT2D eigenvalue weighted by molar-refractivity contribution is 5.81. The number of aromatic nitrogens is 3. The highest BCUT2D eigenvalue weighted by atomic mass is 16.5. The lowest BCUT2D eigenvalue weighted by Crippen LogP contribution is -2.53. The molecule has 2 aromatic heterocycles. The van der Waals surface area contributed by atoms with Crippen molar-refractivity contribution in [3.63, 3.8) is 0 Å². The normalized spacial score (nSPS) is 19.7. The van der Waals surface area contributed by atoms with Gasteiger partial charge in [-0.15, -0.1) is 0 Å². The summed E-state index contributed by atoms with van der Waals surface area (Å²) < 4.78 is 13.0. The molecule has 3 rings (SSSR count). The van der Waals surface area contributed by atoms with Crippen molar-refractivity contribution in [2.45, 2.75) is 46.0 Å². The minimum atomic E-state index is -0.222. The predicted octanol–water partition coefficient (Wildman–Crippen LogP) is 0.894. The van der Waals surface area contributed by atoms with Gasteiger partial charge in [0, 0.05) is 13.1 Å². The van der Waals surface area contributed by atoms with Gasteiger partial charge in [0.15, 0.2) is 0 Å². The molecule has 8 heteroatoms. The van der Waals surface area contributed by atoms with Gasteiger partial charge in [-0.1, -0.05) is 0 Å². The molecular weight excluding hydrogens is 322 g/mol. The average molecular weight is 347 g/mol.